The van der Waals surface area contributed by atoms with E-state index in [4.69, 9.17) is 17.8 Å². The van der Waals surface area contributed by atoms with Crippen LogP contribution < -0.4 is 0 Å². The highest BCUT2D eigenvalue weighted by Gasteiger charge is 2.16. The standard InChI is InChI=1S/C40H26/c1-3-11-31-25-33(23-19-27(31)9-1)29-17-21-30(22-18-29)39-35-13-5-7-15-37(35)40(38-16-8-6-14-36(38)39)34-24-20-28-10-2-4-12-32(28)26-34/h1-26H/i1D,2D,3D,4D,9D,10D,11D,12D,17D,18D,19D,20D,21D,22D,23D,24D,25D,26D. The Bertz CT molecular complexity index is 3120. The number of hydrogen-bond donors (Lipinski definition) is 0. The monoisotopic (exact) mass is 524 g/mol. The van der Waals surface area contributed by atoms with Gasteiger partial charge in [-0.15, -0.1) is 0 Å². The minimum Gasteiger partial charge on any atom is -0.0616 e. The highest BCUT2D eigenvalue weighted by molar-refractivity contribution is 6.21. The summed E-state index contributed by atoms with van der Waals surface area (Å²) in [5.74, 6) is 0. The number of benzene rings is 8. The van der Waals surface area contributed by atoms with Crippen molar-refractivity contribution in [2.45, 2.75) is 0 Å². The second-order valence-electron chi connectivity index (χ2n) is 9.09. The Labute approximate surface area is 259 Å². The van der Waals surface area contributed by atoms with E-state index in [-0.39, 0.29) is 38.4 Å². The molecule has 186 valence electrons. The van der Waals surface area contributed by atoms with Crippen molar-refractivity contribution in [2.24, 2.45) is 0 Å². The average Bonchev–Trinajstić information content (AvgIpc) is 3.21. The van der Waals surface area contributed by atoms with E-state index < -0.39 is 125 Å². The van der Waals surface area contributed by atoms with Gasteiger partial charge in [-0.1, -0.05) is 145 Å². The van der Waals surface area contributed by atoms with Gasteiger partial charge in [0, 0.05) is 0 Å². The molecular formula is C40H26. The summed E-state index contributed by atoms with van der Waals surface area (Å²) in [6.45, 7) is 0. The molecule has 0 nitrogen and oxygen atoms in total. The van der Waals surface area contributed by atoms with E-state index in [9.17, 15) is 6.85 Å². The second kappa shape index (κ2) is 9.22. The molecule has 0 aliphatic carbocycles. The van der Waals surface area contributed by atoms with Crippen LogP contribution in [0.4, 0.5) is 0 Å². The van der Waals surface area contributed by atoms with E-state index in [0.717, 1.165) is 0 Å². The average molecular weight is 525 g/mol. The fourth-order valence-corrected chi connectivity index (χ4v) is 5.04. The van der Waals surface area contributed by atoms with Gasteiger partial charge in [-0.2, -0.15) is 0 Å². The molecular weight excluding hydrogens is 480 g/mol. The minimum absolute atomic E-state index is 0.0946. The molecule has 40 heavy (non-hydrogen) atoms. The maximum absolute atomic E-state index is 9.35. The molecule has 0 radical (unpaired) electrons. The lowest BCUT2D eigenvalue weighted by atomic mass is 9.85. The molecule has 0 N–H and O–H groups in total. The van der Waals surface area contributed by atoms with Gasteiger partial charge in [-0.3, -0.25) is 0 Å². The summed E-state index contributed by atoms with van der Waals surface area (Å²) in [7, 11) is 0. The molecule has 0 aliphatic heterocycles. The highest BCUT2D eigenvalue weighted by atomic mass is 14.2. The molecule has 0 heterocycles. The molecule has 8 aromatic carbocycles. The van der Waals surface area contributed by atoms with E-state index in [0.29, 0.717) is 21.5 Å². The van der Waals surface area contributed by atoms with Crippen molar-refractivity contribution < 1.29 is 24.7 Å². The van der Waals surface area contributed by atoms with Crippen LogP contribution in [0.2, 0.25) is 0 Å². The third kappa shape index (κ3) is 3.69. The van der Waals surface area contributed by atoms with Gasteiger partial charge < -0.3 is 0 Å². The fraction of sp³-hybridized carbons (Fsp3) is 0. The van der Waals surface area contributed by atoms with Gasteiger partial charge >= 0.3 is 0 Å². The molecule has 0 aromatic heterocycles. The van der Waals surface area contributed by atoms with Gasteiger partial charge in [0.05, 0.1) is 24.7 Å². The van der Waals surface area contributed by atoms with Crippen LogP contribution in [0.15, 0.2) is 157 Å². The van der Waals surface area contributed by atoms with Crippen molar-refractivity contribution in [3.05, 3.63) is 157 Å². The van der Waals surface area contributed by atoms with Crippen LogP contribution in [0, 0.1) is 0 Å². The largest absolute Gasteiger partial charge is 0.0636 e. The Balaban J connectivity index is 1.50. The van der Waals surface area contributed by atoms with Gasteiger partial charge in [0.15, 0.2) is 0 Å². The van der Waals surface area contributed by atoms with Crippen LogP contribution in [0.1, 0.15) is 24.7 Å². The van der Waals surface area contributed by atoms with Gasteiger partial charge in [0.2, 0.25) is 0 Å². The van der Waals surface area contributed by atoms with Crippen molar-refractivity contribution in [2.75, 3.05) is 0 Å². The first-order valence-electron chi connectivity index (χ1n) is 21.4. The SMILES string of the molecule is [2H]c1c([2H])c(-c2c3ccccc3c(-c3c([2H])c([2H])c4c([2H])c([2H])c([2H])c([2H])c4c3[2H])c3ccccc23)c([2H])c([2H])c1-c1c([2H])c([2H])c2c([2H])c([2H])c([2H])c([2H])c2c1[2H]. The fourth-order valence-electron chi connectivity index (χ4n) is 5.04. The zero-order chi connectivity index (χ0) is 42.1. The lowest BCUT2D eigenvalue weighted by Gasteiger charge is -2.18. The lowest BCUT2D eigenvalue weighted by molar-refractivity contribution is 1.63. The minimum atomic E-state index is -0.720. The van der Waals surface area contributed by atoms with Crippen molar-refractivity contribution in [3.63, 3.8) is 0 Å². The Morgan fingerprint density at radius 2 is 0.700 bits per heavy atom. The number of fused-ring (bicyclic) bond motifs is 4. The molecule has 0 saturated heterocycles. The van der Waals surface area contributed by atoms with Crippen LogP contribution in [-0.2, 0) is 0 Å². The third-order valence-electron chi connectivity index (χ3n) is 6.81. The number of hydrogen-bond acceptors (Lipinski definition) is 0. The molecule has 0 heteroatoms. The lowest BCUT2D eigenvalue weighted by Crippen LogP contribution is -1.91. The summed E-state index contributed by atoms with van der Waals surface area (Å²) < 4.78 is 158. The first-order valence-corrected chi connectivity index (χ1v) is 12.4. The molecule has 0 saturated carbocycles. The third-order valence-corrected chi connectivity index (χ3v) is 6.81. The molecule has 8 rings (SSSR count). The second-order valence-corrected chi connectivity index (χ2v) is 9.09. The predicted molar refractivity (Wildman–Crippen MR) is 173 cm³/mol. The normalized spacial score (nSPS) is 17.8. The summed E-state index contributed by atoms with van der Waals surface area (Å²) in [6, 6.07) is 2.36. The van der Waals surface area contributed by atoms with E-state index in [1.165, 1.54) is 0 Å². The van der Waals surface area contributed by atoms with Crippen LogP contribution in [0.3, 0.4) is 0 Å². The van der Waals surface area contributed by atoms with Gasteiger partial charge in [0.1, 0.15) is 0 Å². The van der Waals surface area contributed by atoms with Crippen LogP contribution in [-0.4, -0.2) is 0 Å². The first kappa shape index (κ1) is 11.1. The quantitative estimate of drug-likeness (QED) is 0.202. The topological polar surface area (TPSA) is 0 Å². The van der Waals surface area contributed by atoms with E-state index in [2.05, 4.69) is 0 Å². The predicted octanol–water partition coefficient (Wildman–Crippen LogP) is 11.3. The zero-order valence-corrected chi connectivity index (χ0v) is 20.6. The maximum atomic E-state index is 9.35. The van der Waals surface area contributed by atoms with E-state index in [1.54, 1.807) is 48.5 Å². The molecule has 0 bridgehead atoms. The zero-order valence-electron chi connectivity index (χ0n) is 38.6. The van der Waals surface area contributed by atoms with Crippen LogP contribution >= 0.6 is 0 Å². The molecule has 0 atom stereocenters. The summed E-state index contributed by atoms with van der Waals surface area (Å²) in [5, 5.41) is 0.132. The Kier molecular flexibility index (Phi) is 2.56. The molecule has 0 amide bonds. The van der Waals surface area contributed by atoms with Crippen molar-refractivity contribution >= 4 is 43.1 Å². The molecule has 0 unspecified atom stereocenters. The van der Waals surface area contributed by atoms with Crippen molar-refractivity contribution in [1.82, 2.24) is 0 Å². The molecule has 0 fully saturated rings. The van der Waals surface area contributed by atoms with Gasteiger partial charge in [-0.05, 0) is 88.6 Å². The van der Waals surface area contributed by atoms with Crippen molar-refractivity contribution in [1.29, 1.82) is 0 Å². The maximum Gasteiger partial charge on any atom is 0.0636 e. The van der Waals surface area contributed by atoms with Gasteiger partial charge in [0.25, 0.3) is 0 Å². The summed E-state index contributed by atoms with van der Waals surface area (Å²) in [4.78, 5) is 0. The van der Waals surface area contributed by atoms with E-state index >= 15 is 0 Å². The molecule has 8 aromatic rings. The Morgan fingerprint density at radius 3 is 1.23 bits per heavy atom. The Morgan fingerprint density at radius 1 is 0.325 bits per heavy atom. The van der Waals surface area contributed by atoms with Crippen LogP contribution in [0.5, 0.6) is 0 Å². The van der Waals surface area contributed by atoms with Crippen LogP contribution in [0.25, 0.3) is 76.5 Å². The molecule has 0 spiro atoms. The number of rotatable bonds is 3. The van der Waals surface area contributed by atoms with Crippen molar-refractivity contribution in [3.8, 4) is 33.4 Å². The smallest absolute Gasteiger partial charge is 0.0616 e. The highest BCUT2D eigenvalue weighted by Crippen LogP contribution is 2.44. The van der Waals surface area contributed by atoms with E-state index in [1.807, 2.05) is 0 Å². The first-order chi connectivity index (χ1) is 27.4. The summed E-state index contributed by atoms with van der Waals surface area (Å²) in [5.41, 5.74) is -0.818. The molecule has 0 aliphatic rings. The summed E-state index contributed by atoms with van der Waals surface area (Å²) in [6.07, 6.45) is 0. The van der Waals surface area contributed by atoms with Gasteiger partial charge in [-0.25, -0.2) is 0 Å². The summed E-state index contributed by atoms with van der Waals surface area (Å²) >= 11 is 0. The Hall–Kier alpha value is -5.20.